The average molecular weight is 646 g/mol. The van der Waals surface area contributed by atoms with Crippen molar-refractivity contribution in [3.63, 3.8) is 0 Å². The maximum Gasteiger partial charge on any atom is 0.197 e. The first-order valence-electron chi connectivity index (χ1n) is 17.4. The first-order chi connectivity index (χ1) is 23.8. The summed E-state index contributed by atoms with van der Waals surface area (Å²) in [6.45, 7) is 1.68. The Hall–Kier alpha value is -4.15. The number of nitrogens with zero attached hydrogens (tertiary/aromatic N) is 4. The van der Waals surface area contributed by atoms with E-state index in [1.165, 1.54) is 12.8 Å². The molecule has 0 spiro atoms. The number of fused-ring (bicyclic) bond motifs is 1. The SMILES string of the molecule is c1ccc(COC[C@H]2O[C@@H](c3cnc4c(NC5CCCC5)nc(C5CC5)nn34)[C@H](OCc3ccccc3)[C@@H]2OCc2ccccc2)cc1. The van der Waals surface area contributed by atoms with Gasteiger partial charge in [0.05, 0.1) is 38.3 Å². The van der Waals surface area contributed by atoms with Crippen LogP contribution in [0.3, 0.4) is 0 Å². The molecular weight excluding hydrogens is 602 g/mol. The van der Waals surface area contributed by atoms with Crippen molar-refractivity contribution in [1.82, 2.24) is 19.6 Å². The van der Waals surface area contributed by atoms with Gasteiger partial charge in [0.1, 0.15) is 24.4 Å². The summed E-state index contributed by atoms with van der Waals surface area (Å²) in [5.41, 5.74) is 4.84. The number of benzene rings is 3. The van der Waals surface area contributed by atoms with Gasteiger partial charge in [-0.3, -0.25) is 0 Å². The van der Waals surface area contributed by atoms with Gasteiger partial charge in [0, 0.05) is 12.0 Å². The normalized spacial score (nSPS) is 22.8. The number of anilines is 1. The van der Waals surface area contributed by atoms with Crippen molar-refractivity contribution in [1.29, 1.82) is 0 Å². The van der Waals surface area contributed by atoms with E-state index in [-0.39, 0.29) is 6.10 Å². The molecule has 0 bridgehead atoms. The molecule has 3 fully saturated rings. The highest BCUT2D eigenvalue weighted by Gasteiger charge is 2.48. The zero-order chi connectivity index (χ0) is 32.1. The summed E-state index contributed by atoms with van der Waals surface area (Å²) in [5.74, 6) is 2.05. The summed E-state index contributed by atoms with van der Waals surface area (Å²) in [6.07, 6.45) is 7.16. The number of hydrogen-bond donors (Lipinski definition) is 1. The molecule has 48 heavy (non-hydrogen) atoms. The third-order valence-electron chi connectivity index (χ3n) is 9.61. The van der Waals surface area contributed by atoms with Crippen LogP contribution in [0.1, 0.15) is 78.8 Å². The summed E-state index contributed by atoms with van der Waals surface area (Å²) >= 11 is 0. The summed E-state index contributed by atoms with van der Waals surface area (Å²) in [7, 11) is 0. The van der Waals surface area contributed by atoms with Crippen molar-refractivity contribution >= 4 is 11.5 Å². The molecule has 9 heteroatoms. The van der Waals surface area contributed by atoms with Gasteiger partial charge in [0.15, 0.2) is 17.3 Å². The molecule has 1 N–H and O–H groups in total. The molecule has 4 atom stereocenters. The van der Waals surface area contributed by atoms with Crippen molar-refractivity contribution in [2.75, 3.05) is 11.9 Å². The Morgan fingerprint density at radius 1 is 0.729 bits per heavy atom. The molecule has 3 aliphatic rings. The van der Waals surface area contributed by atoms with Crippen LogP contribution in [0.2, 0.25) is 0 Å². The molecule has 1 saturated heterocycles. The highest BCUT2D eigenvalue weighted by molar-refractivity contribution is 5.63. The monoisotopic (exact) mass is 645 g/mol. The van der Waals surface area contributed by atoms with Gasteiger partial charge in [-0.25, -0.2) is 14.5 Å². The zero-order valence-corrected chi connectivity index (χ0v) is 27.2. The lowest BCUT2D eigenvalue weighted by molar-refractivity contribution is -0.0898. The molecule has 9 nitrogen and oxygen atoms in total. The van der Waals surface area contributed by atoms with Crippen molar-refractivity contribution < 1.29 is 18.9 Å². The first-order valence-corrected chi connectivity index (χ1v) is 17.4. The van der Waals surface area contributed by atoms with Gasteiger partial charge >= 0.3 is 0 Å². The Bertz CT molecular complexity index is 1760. The smallest absolute Gasteiger partial charge is 0.197 e. The lowest BCUT2D eigenvalue weighted by Crippen LogP contribution is -2.38. The lowest BCUT2D eigenvalue weighted by Gasteiger charge is -2.25. The van der Waals surface area contributed by atoms with Crippen LogP contribution in [0.4, 0.5) is 5.82 Å². The number of hydrogen-bond acceptors (Lipinski definition) is 8. The van der Waals surface area contributed by atoms with Crippen LogP contribution in [0.25, 0.3) is 5.65 Å². The van der Waals surface area contributed by atoms with E-state index >= 15 is 0 Å². The van der Waals surface area contributed by atoms with Crippen LogP contribution in [-0.4, -0.2) is 50.5 Å². The van der Waals surface area contributed by atoms with Crippen LogP contribution in [0.15, 0.2) is 97.2 Å². The van der Waals surface area contributed by atoms with Crippen molar-refractivity contribution in [2.24, 2.45) is 0 Å². The largest absolute Gasteiger partial charge is 0.374 e. The van der Waals surface area contributed by atoms with E-state index in [1.54, 1.807) is 0 Å². The van der Waals surface area contributed by atoms with E-state index in [9.17, 15) is 0 Å². The van der Waals surface area contributed by atoms with Crippen molar-refractivity contribution in [3.05, 3.63) is 125 Å². The lowest BCUT2D eigenvalue weighted by atomic mass is 10.0. The first kappa shape index (κ1) is 31.1. The van der Waals surface area contributed by atoms with Crippen LogP contribution < -0.4 is 5.32 Å². The number of nitrogens with one attached hydrogen (secondary N) is 1. The second kappa shape index (κ2) is 14.5. The Labute approximate surface area is 281 Å². The molecule has 1 aliphatic heterocycles. The molecule has 0 unspecified atom stereocenters. The zero-order valence-electron chi connectivity index (χ0n) is 27.2. The fraction of sp³-hybridized carbons (Fsp3) is 0.410. The maximum atomic E-state index is 6.93. The van der Waals surface area contributed by atoms with E-state index in [4.69, 9.17) is 34.0 Å². The van der Waals surface area contributed by atoms with Gasteiger partial charge < -0.3 is 24.3 Å². The average Bonchev–Trinajstić information content (AvgIpc) is 3.52. The molecule has 0 amide bonds. The molecule has 0 radical (unpaired) electrons. The predicted octanol–water partition coefficient (Wildman–Crippen LogP) is 7.18. The topological polar surface area (TPSA) is 92.0 Å². The van der Waals surface area contributed by atoms with E-state index in [0.717, 1.165) is 65.4 Å². The number of rotatable bonds is 14. The van der Waals surface area contributed by atoms with Gasteiger partial charge in [-0.05, 0) is 42.4 Å². The highest BCUT2D eigenvalue weighted by atomic mass is 16.6. The van der Waals surface area contributed by atoms with Gasteiger partial charge in [-0.1, -0.05) is 104 Å². The summed E-state index contributed by atoms with van der Waals surface area (Å²) in [4.78, 5) is 9.89. The number of aromatic nitrogens is 4. The molecule has 248 valence electrons. The number of imidazole rings is 1. The molecule has 2 aromatic heterocycles. The third kappa shape index (κ3) is 7.15. The van der Waals surface area contributed by atoms with Crippen LogP contribution in [0.5, 0.6) is 0 Å². The molecule has 2 saturated carbocycles. The minimum absolute atomic E-state index is 0.351. The molecule has 3 heterocycles. The number of ether oxygens (including phenoxy) is 4. The standard InChI is InChI=1S/C39H43N5O4/c1-4-12-27(13-5-1)23-45-26-33-35(46-24-28-14-6-2-7-15-28)36(47-25-29-16-8-3-9-17-29)34(48-33)32-22-40-39-38(41-31-18-10-11-19-31)42-37(30-20-21-30)43-44(32)39/h1-9,12-17,22,30-31,33-36H,10-11,18-21,23-26H2,(H,41,42,43)/t33-,34+,35-,36+/m1/s1. The Morgan fingerprint density at radius 2 is 1.33 bits per heavy atom. The van der Waals surface area contributed by atoms with Gasteiger partial charge in [0.25, 0.3) is 0 Å². The maximum absolute atomic E-state index is 6.93. The summed E-state index contributed by atoms with van der Waals surface area (Å²) in [5, 5.41) is 8.79. The quantitative estimate of drug-likeness (QED) is 0.136. The van der Waals surface area contributed by atoms with Gasteiger partial charge in [0.2, 0.25) is 0 Å². The fourth-order valence-corrected chi connectivity index (χ4v) is 6.87. The Balaban J connectivity index is 1.13. The highest BCUT2D eigenvalue weighted by Crippen LogP contribution is 2.41. The van der Waals surface area contributed by atoms with E-state index in [2.05, 4.69) is 41.7 Å². The van der Waals surface area contributed by atoms with Crippen molar-refractivity contribution in [3.8, 4) is 0 Å². The Morgan fingerprint density at radius 3 is 1.96 bits per heavy atom. The van der Waals surface area contributed by atoms with Crippen LogP contribution >= 0.6 is 0 Å². The molecule has 8 rings (SSSR count). The van der Waals surface area contributed by atoms with Crippen LogP contribution in [-0.2, 0) is 38.8 Å². The van der Waals surface area contributed by atoms with E-state index in [1.807, 2.05) is 65.3 Å². The van der Waals surface area contributed by atoms with Gasteiger partial charge in [-0.15, -0.1) is 0 Å². The second-order valence-electron chi connectivity index (χ2n) is 13.3. The van der Waals surface area contributed by atoms with Crippen LogP contribution in [0, 0.1) is 0 Å². The third-order valence-corrected chi connectivity index (χ3v) is 9.61. The second-order valence-corrected chi connectivity index (χ2v) is 13.3. The fourth-order valence-electron chi connectivity index (χ4n) is 6.87. The van der Waals surface area contributed by atoms with E-state index in [0.29, 0.717) is 38.4 Å². The molecular formula is C39H43N5O4. The minimum Gasteiger partial charge on any atom is -0.374 e. The molecule has 5 aromatic rings. The molecule has 3 aromatic carbocycles. The summed E-state index contributed by atoms with van der Waals surface area (Å²) < 4.78 is 28.7. The Kier molecular flexibility index (Phi) is 9.43. The minimum atomic E-state index is -0.490. The van der Waals surface area contributed by atoms with Gasteiger partial charge in [-0.2, -0.15) is 5.10 Å². The summed E-state index contributed by atoms with van der Waals surface area (Å²) in [6, 6.07) is 31.1. The predicted molar refractivity (Wildman–Crippen MR) is 182 cm³/mol. The van der Waals surface area contributed by atoms with Crippen molar-refractivity contribution in [2.45, 2.75) is 94.7 Å². The molecule has 2 aliphatic carbocycles. The van der Waals surface area contributed by atoms with E-state index < -0.39 is 18.3 Å².